The van der Waals surface area contributed by atoms with Gasteiger partial charge in [0.05, 0.1) is 12.7 Å². The van der Waals surface area contributed by atoms with Crippen molar-refractivity contribution in [3.05, 3.63) is 52.0 Å². The predicted molar refractivity (Wildman–Crippen MR) is 111 cm³/mol. The first-order valence-electron chi connectivity index (χ1n) is 10.0. The van der Waals surface area contributed by atoms with Crippen LogP contribution in [0.5, 0.6) is 0 Å². The molecular formula is C21H24F3N3O4S. The van der Waals surface area contributed by atoms with E-state index in [1.54, 1.807) is 17.4 Å². The van der Waals surface area contributed by atoms with Gasteiger partial charge >= 0.3 is 12.1 Å². The van der Waals surface area contributed by atoms with E-state index in [-0.39, 0.29) is 12.0 Å². The molecule has 0 saturated carbocycles. The van der Waals surface area contributed by atoms with Crippen molar-refractivity contribution >= 4 is 23.2 Å². The van der Waals surface area contributed by atoms with E-state index >= 15 is 0 Å². The number of aryl methyl sites for hydroxylation is 1. The molecule has 1 N–H and O–H groups in total. The zero-order chi connectivity index (χ0) is 23.3. The number of carbonyl (C=O) groups excluding carboxylic acids is 1. The highest BCUT2D eigenvalue weighted by atomic mass is 32.1. The number of likely N-dealkylation sites (tertiary alicyclic amines) is 1. The second-order valence-corrected chi connectivity index (χ2v) is 8.49. The van der Waals surface area contributed by atoms with Crippen LogP contribution < -0.4 is 0 Å². The Morgan fingerprint density at radius 2 is 2.00 bits per heavy atom. The molecule has 0 unspecified atom stereocenters. The van der Waals surface area contributed by atoms with Gasteiger partial charge < -0.3 is 14.7 Å². The summed E-state index contributed by atoms with van der Waals surface area (Å²) < 4.78 is 37.8. The molecule has 4 rings (SSSR count). The number of fused-ring (bicyclic) bond motifs is 1. The Morgan fingerprint density at radius 1 is 1.25 bits per heavy atom. The Morgan fingerprint density at radius 3 is 2.62 bits per heavy atom. The molecule has 32 heavy (non-hydrogen) atoms. The number of rotatable bonds is 3. The van der Waals surface area contributed by atoms with Crippen molar-refractivity contribution in [3.63, 3.8) is 0 Å². The Labute approximate surface area is 187 Å². The summed E-state index contributed by atoms with van der Waals surface area (Å²) in [4.78, 5) is 30.4. The van der Waals surface area contributed by atoms with E-state index in [9.17, 15) is 18.0 Å². The van der Waals surface area contributed by atoms with Crippen LogP contribution in [0.3, 0.4) is 0 Å². The summed E-state index contributed by atoms with van der Waals surface area (Å²) in [7, 11) is 0. The molecule has 4 heterocycles. The Hall–Kier alpha value is -2.50. The van der Waals surface area contributed by atoms with Gasteiger partial charge in [0.2, 0.25) is 0 Å². The average molecular weight is 472 g/mol. The van der Waals surface area contributed by atoms with Crippen LogP contribution in [0.1, 0.15) is 21.7 Å². The standard InChI is InChI=1S/C19H23N3O2S.C2HF3O2/c1-14-3-2-4-17(20-14)19(23)22-11-16-10-21(6-7-24-18(16)12-22)9-15-5-8-25-13-15;3-2(4,5)1(6)7/h2-5,8,13,16,18H,6-7,9-12H2,1H3;(H,6,7)/t16-,18+;/m0./s1. The van der Waals surface area contributed by atoms with Crippen molar-refractivity contribution in [1.82, 2.24) is 14.8 Å². The van der Waals surface area contributed by atoms with Gasteiger partial charge in [0, 0.05) is 44.3 Å². The number of carboxylic acids is 1. The molecule has 2 saturated heterocycles. The van der Waals surface area contributed by atoms with Gasteiger partial charge in [-0.25, -0.2) is 9.78 Å². The van der Waals surface area contributed by atoms with Gasteiger partial charge in [0.25, 0.3) is 5.91 Å². The summed E-state index contributed by atoms with van der Waals surface area (Å²) in [6.45, 7) is 6.96. The molecule has 2 aliphatic rings. The summed E-state index contributed by atoms with van der Waals surface area (Å²) in [6, 6.07) is 7.79. The maximum absolute atomic E-state index is 12.8. The highest BCUT2D eigenvalue weighted by Crippen LogP contribution is 2.26. The highest BCUT2D eigenvalue weighted by molar-refractivity contribution is 7.07. The topological polar surface area (TPSA) is 83.0 Å². The van der Waals surface area contributed by atoms with Crippen molar-refractivity contribution in [2.75, 3.05) is 32.8 Å². The SMILES string of the molecule is Cc1cccc(C(=O)N2C[C@@H]3CN(Cc4ccsc4)CCO[C@@H]3C2)n1.O=C(O)C(F)(F)F. The van der Waals surface area contributed by atoms with Crippen molar-refractivity contribution in [2.45, 2.75) is 25.7 Å². The van der Waals surface area contributed by atoms with E-state index in [4.69, 9.17) is 14.6 Å². The highest BCUT2D eigenvalue weighted by Gasteiger charge is 2.39. The Kier molecular flexibility index (Phi) is 7.86. The summed E-state index contributed by atoms with van der Waals surface area (Å²) in [5.74, 6) is -2.37. The van der Waals surface area contributed by atoms with E-state index in [1.807, 2.05) is 24.0 Å². The van der Waals surface area contributed by atoms with Gasteiger partial charge in [0.1, 0.15) is 5.69 Å². The molecule has 0 aliphatic carbocycles. The number of nitrogens with zero attached hydrogens (tertiary/aromatic N) is 3. The first-order chi connectivity index (χ1) is 15.1. The van der Waals surface area contributed by atoms with Gasteiger partial charge in [-0.15, -0.1) is 0 Å². The third-order valence-corrected chi connectivity index (χ3v) is 5.97. The van der Waals surface area contributed by atoms with Gasteiger partial charge in [-0.3, -0.25) is 9.69 Å². The molecule has 11 heteroatoms. The lowest BCUT2D eigenvalue weighted by atomic mass is 10.1. The molecule has 0 bridgehead atoms. The predicted octanol–water partition coefficient (Wildman–Crippen LogP) is 3.06. The molecule has 2 atom stereocenters. The molecule has 2 fully saturated rings. The van der Waals surface area contributed by atoms with Gasteiger partial charge in [0.15, 0.2) is 0 Å². The van der Waals surface area contributed by atoms with Gasteiger partial charge in [-0.2, -0.15) is 24.5 Å². The zero-order valence-corrected chi connectivity index (χ0v) is 18.2. The summed E-state index contributed by atoms with van der Waals surface area (Å²) >= 11 is 1.74. The van der Waals surface area contributed by atoms with Crippen molar-refractivity contribution in [2.24, 2.45) is 5.92 Å². The molecule has 0 spiro atoms. The maximum atomic E-state index is 12.8. The number of alkyl halides is 3. The number of carboxylic acid groups (broad SMARTS) is 1. The van der Waals surface area contributed by atoms with Crippen LogP contribution in [-0.2, 0) is 16.1 Å². The van der Waals surface area contributed by atoms with E-state index in [2.05, 4.69) is 26.7 Å². The number of aromatic nitrogens is 1. The van der Waals surface area contributed by atoms with E-state index in [0.717, 1.165) is 38.5 Å². The second-order valence-electron chi connectivity index (χ2n) is 7.71. The average Bonchev–Trinajstić information content (AvgIpc) is 3.33. The molecule has 0 aromatic carbocycles. The monoisotopic (exact) mass is 471 g/mol. The summed E-state index contributed by atoms with van der Waals surface area (Å²) in [5, 5.41) is 11.5. The number of aliphatic carboxylic acids is 1. The lowest BCUT2D eigenvalue weighted by Gasteiger charge is -2.23. The quantitative estimate of drug-likeness (QED) is 0.741. The normalized spacial score (nSPS) is 21.3. The van der Waals surface area contributed by atoms with Crippen LogP contribution in [0.25, 0.3) is 0 Å². The van der Waals surface area contributed by atoms with Crippen molar-refractivity contribution in [3.8, 4) is 0 Å². The van der Waals surface area contributed by atoms with Crippen LogP contribution in [-0.4, -0.2) is 76.8 Å². The van der Waals surface area contributed by atoms with Crippen molar-refractivity contribution in [1.29, 1.82) is 0 Å². The zero-order valence-electron chi connectivity index (χ0n) is 17.4. The summed E-state index contributed by atoms with van der Waals surface area (Å²) in [5.41, 5.74) is 2.77. The fourth-order valence-corrected chi connectivity index (χ4v) is 4.40. The number of ether oxygens (including phenoxy) is 1. The van der Waals surface area contributed by atoms with Crippen molar-refractivity contribution < 1.29 is 32.6 Å². The van der Waals surface area contributed by atoms with Crippen LogP contribution in [0.4, 0.5) is 13.2 Å². The number of hydrogen-bond acceptors (Lipinski definition) is 6. The van der Waals surface area contributed by atoms with Gasteiger partial charge in [-0.05, 0) is 41.4 Å². The molecule has 1 amide bonds. The molecule has 2 aromatic rings. The fraction of sp³-hybridized carbons (Fsp3) is 0.476. The third kappa shape index (κ3) is 6.50. The number of carbonyl (C=O) groups is 2. The van der Waals surface area contributed by atoms with E-state index in [0.29, 0.717) is 18.2 Å². The number of thiophene rings is 1. The van der Waals surface area contributed by atoms with Crippen LogP contribution in [0.15, 0.2) is 35.0 Å². The second kappa shape index (κ2) is 10.4. The largest absolute Gasteiger partial charge is 0.490 e. The Balaban J connectivity index is 0.000000360. The number of halogens is 3. The number of amides is 1. The number of pyridine rings is 1. The van der Waals surface area contributed by atoms with Crippen LogP contribution in [0.2, 0.25) is 0 Å². The number of hydrogen-bond donors (Lipinski definition) is 1. The minimum Gasteiger partial charge on any atom is -0.475 e. The molecule has 2 aliphatic heterocycles. The Bertz CT molecular complexity index is 923. The fourth-order valence-electron chi connectivity index (χ4n) is 3.74. The molecule has 2 aromatic heterocycles. The maximum Gasteiger partial charge on any atom is 0.490 e. The minimum absolute atomic E-state index is 0.0183. The molecule has 174 valence electrons. The lowest BCUT2D eigenvalue weighted by molar-refractivity contribution is -0.192. The first-order valence-corrected chi connectivity index (χ1v) is 11.0. The minimum atomic E-state index is -5.08. The molecule has 0 radical (unpaired) electrons. The molecule has 7 nitrogen and oxygen atoms in total. The van der Waals surface area contributed by atoms with Gasteiger partial charge in [-0.1, -0.05) is 6.07 Å². The molecular weight excluding hydrogens is 447 g/mol. The van der Waals surface area contributed by atoms with Crippen LogP contribution in [0, 0.1) is 12.8 Å². The van der Waals surface area contributed by atoms with E-state index < -0.39 is 12.1 Å². The third-order valence-electron chi connectivity index (χ3n) is 5.24. The smallest absolute Gasteiger partial charge is 0.475 e. The van der Waals surface area contributed by atoms with Crippen LogP contribution >= 0.6 is 11.3 Å². The van der Waals surface area contributed by atoms with E-state index in [1.165, 1.54) is 5.56 Å². The first kappa shape index (κ1) is 24.1. The summed E-state index contributed by atoms with van der Waals surface area (Å²) in [6.07, 6.45) is -4.94. The lowest BCUT2D eigenvalue weighted by Crippen LogP contribution is -2.34.